The van der Waals surface area contributed by atoms with Gasteiger partial charge in [0.2, 0.25) is 0 Å². The van der Waals surface area contributed by atoms with Crippen LogP contribution in [0.5, 0.6) is 5.75 Å². The second-order valence-corrected chi connectivity index (χ2v) is 9.46. The number of carbonyl (C=O) groups is 1. The minimum Gasteiger partial charge on any atom is -0.483 e. The van der Waals surface area contributed by atoms with E-state index in [-0.39, 0.29) is 30.1 Å². The van der Waals surface area contributed by atoms with Crippen LogP contribution in [0.4, 0.5) is 5.69 Å². The Labute approximate surface area is 162 Å². The molecule has 0 bridgehead atoms. The highest BCUT2D eigenvalue weighted by Gasteiger charge is 2.35. The SMILES string of the molecule is Cc1ccc(OCC(=O)N(c2ccccc2)[C@@H]2CCS(=O)(=O)C2)c(Br)c1. The zero-order chi connectivity index (χ0) is 18.7. The molecule has 0 radical (unpaired) electrons. The topological polar surface area (TPSA) is 63.7 Å². The number of carbonyl (C=O) groups excluding carboxylic acids is 1. The van der Waals surface area contributed by atoms with E-state index >= 15 is 0 Å². The highest BCUT2D eigenvalue weighted by molar-refractivity contribution is 9.10. The number of para-hydroxylation sites is 1. The predicted octanol–water partition coefficient (Wildman–Crippen LogP) is 3.36. The minimum absolute atomic E-state index is 0.0120. The molecule has 1 amide bonds. The predicted molar refractivity (Wildman–Crippen MR) is 105 cm³/mol. The van der Waals surface area contributed by atoms with E-state index in [1.165, 1.54) is 0 Å². The maximum absolute atomic E-state index is 12.9. The minimum atomic E-state index is -3.10. The number of amides is 1. The number of hydrogen-bond donors (Lipinski definition) is 0. The Morgan fingerprint density at radius 3 is 2.58 bits per heavy atom. The molecule has 0 unspecified atom stereocenters. The highest BCUT2D eigenvalue weighted by Crippen LogP contribution is 2.27. The first kappa shape index (κ1) is 18.9. The molecule has 1 atom stereocenters. The number of anilines is 1. The van der Waals surface area contributed by atoms with Gasteiger partial charge in [-0.05, 0) is 59.1 Å². The van der Waals surface area contributed by atoms with Gasteiger partial charge in [-0.3, -0.25) is 4.79 Å². The van der Waals surface area contributed by atoms with Gasteiger partial charge in [0.05, 0.1) is 22.0 Å². The summed E-state index contributed by atoms with van der Waals surface area (Å²) in [6.07, 6.45) is 0.442. The van der Waals surface area contributed by atoms with Crippen molar-refractivity contribution in [2.75, 3.05) is 23.0 Å². The van der Waals surface area contributed by atoms with Gasteiger partial charge < -0.3 is 9.64 Å². The standard InChI is InChI=1S/C19H20BrNO4S/c1-14-7-8-18(17(20)11-14)25-12-19(22)21(15-5-3-2-4-6-15)16-9-10-26(23,24)13-16/h2-8,11,16H,9-10,12-13H2,1H3/t16-/m1/s1. The van der Waals surface area contributed by atoms with Crippen molar-refractivity contribution >= 4 is 37.4 Å². The van der Waals surface area contributed by atoms with E-state index < -0.39 is 9.84 Å². The van der Waals surface area contributed by atoms with Gasteiger partial charge >= 0.3 is 0 Å². The number of hydrogen-bond acceptors (Lipinski definition) is 4. The van der Waals surface area contributed by atoms with Gasteiger partial charge in [0.15, 0.2) is 16.4 Å². The molecule has 1 heterocycles. The van der Waals surface area contributed by atoms with Crippen LogP contribution in [-0.2, 0) is 14.6 Å². The molecule has 0 spiro atoms. The molecule has 0 N–H and O–H groups in total. The molecular formula is C19H20BrNO4S. The lowest BCUT2D eigenvalue weighted by Crippen LogP contribution is -2.43. The van der Waals surface area contributed by atoms with Crippen molar-refractivity contribution in [2.24, 2.45) is 0 Å². The number of halogens is 1. The van der Waals surface area contributed by atoms with Crippen molar-refractivity contribution in [3.63, 3.8) is 0 Å². The molecule has 7 heteroatoms. The Hall–Kier alpha value is -1.86. The van der Waals surface area contributed by atoms with Crippen molar-refractivity contribution in [3.05, 3.63) is 58.6 Å². The smallest absolute Gasteiger partial charge is 0.265 e. The van der Waals surface area contributed by atoms with Gasteiger partial charge in [-0.2, -0.15) is 0 Å². The summed E-state index contributed by atoms with van der Waals surface area (Å²) in [4.78, 5) is 14.4. The molecule has 26 heavy (non-hydrogen) atoms. The van der Waals surface area contributed by atoms with Crippen molar-refractivity contribution in [2.45, 2.75) is 19.4 Å². The Balaban J connectivity index is 1.79. The third-order valence-electron chi connectivity index (χ3n) is 4.32. The molecule has 1 fully saturated rings. The quantitative estimate of drug-likeness (QED) is 0.719. The van der Waals surface area contributed by atoms with Crippen molar-refractivity contribution in [1.82, 2.24) is 0 Å². The Morgan fingerprint density at radius 2 is 1.96 bits per heavy atom. The van der Waals surface area contributed by atoms with E-state index in [9.17, 15) is 13.2 Å². The van der Waals surface area contributed by atoms with Crippen LogP contribution < -0.4 is 9.64 Å². The molecule has 2 aromatic carbocycles. The van der Waals surface area contributed by atoms with Crippen LogP contribution in [-0.4, -0.2) is 38.5 Å². The number of ether oxygens (including phenoxy) is 1. The largest absolute Gasteiger partial charge is 0.483 e. The second-order valence-electron chi connectivity index (χ2n) is 6.38. The number of sulfone groups is 1. The van der Waals surface area contributed by atoms with Crippen LogP contribution in [0.15, 0.2) is 53.0 Å². The third kappa shape index (κ3) is 4.45. The first-order valence-electron chi connectivity index (χ1n) is 8.32. The average Bonchev–Trinajstić information content (AvgIpc) is 2.95. The van der Waals surface area contributed by atoms with Crippen LogP contribution in [0.1, 0.15) is 12.0 Å². The van der Waals surface area contributed by atoms with Gasteiger partial charge in [0.25, 0.3) is 5.91 Å². The summed E-state index contributed by atoms with van der Waals surface area (Å²) in [6.45, 7) is 1.81. The van der Waals surface area contributed by atoms with E-state index in [0.717, 1.165) is 10.0 Å². The Morgan fingerprint density at radius 1 is 1.23 bits per heavy atom. The molecule has 3 rings (SSSR count). The van der Waals surface area contributed by atoms with Crippen LogP contribution in [0.25, 0.3) is 0 Å². The molecule has 2 aromatic rings. The Kier molecular flexibility index (Phi) is 5.67. The van der Waals surface area contributed by atoms with E-state index in [4.69, 9.17) is 4.74 Å². The molecule has 1 aliphatic rings. The van der Waals surface area contributed by atoms with Crippen molar-refractivity contribution in [3.8, 4) is 5.75 Å². The van der Waals surface area contributed by atoms with Crippen molar-refractivity contribution < 1.29 is 17.9 Å². The van der Waals surface area contributed by atoms with Crippen LogP contribution in [0.2, 0.25) is 0 Å². The lowest BCUT2D eigenvalue weighted by atomic mass is 10.2. The molecule has 1 saturated heterocycles. The monoisotopic (exact) mass is 437 g/mol. The number of aryl methyl sites for hydroxylation is 1. The van der Waals surface area contributed by atoms with Gasteiger partial charge in [-0.1, -0.05) is 24.3 Å². The fourth-order valence-corrected chi connectivity index (χ4v) is 5.37. The summed E-state index contributed by atoms with van der Waals surface area (Å²) in [7, 11) is -3.10. The summed E-state index contributed by atoms with van der Waals surface area (Å²) in [6, 6.07) is 14.4. The maximum Gasteiger partial charge on any atom is 0.265 e. The van der Waals surface area contributed by atoms with E-state index in [2.05, 4.69) is 15.9 Å². The first-order chi connectivity index (χ1) is 12.4. The second kappa shape index (κ2) is 7.80. The lowest BCUT2D eigenvalue weighted by molar-refractivity contribution is -0.121. The molecule has 0 saturated carbocycles. The van der Waals surface area contributed by atoms with E-state index in [1.54, 1.807) is 11.0 Å². The van der Waals surface area contributed by atoms with Gasteiger partial charge in [-0.25, -0.2) is 8.42 Å². The zero-order valence-corrected chi connectivity index (χ0v) is 16.8. The number of benzene rings is 2. The molecule has 5 nitrogen and oxygen atoms in total. The first-order valence-corrected chi connectivity index (χ1v) is 10.9. The summed E-state index contributed by atoms with van der Waals surface area (Å²) < 4.78 is 30.2. The van der Waals surface area contributed by atoms with Gasteiger partial charge in [-0.15, -0.1) is 0 Å². The fourth-order valence-electron chi connectivity index (χ4n) is 3.06. The van der Waals surface area contributed by atoms with Gasteiger partial charge in [0, 0.05) is 5.69 Å². The zero-order valence-electron chi connectivity index (χ0n) is 14.4. The summed E-state index contributed by atoms with van der Waals surface area (Å²) >= 11 is 3.43. The van der Waals surface area contributed by atoms with Crippen LogP contribution in [0, 0.1) is 6.92 Å². The van der Waals surface area contributed by atoms with Crippen molar-refractivity contribution in [1.29, 1.82) is 0 Å². The molecule has 138 valence electrons. The normalized spacial score (nSPS) is 18.5. The maximum atomic E-state index is 12.9. The molecular weight excluding hydrogens is 418 g/mol. The van der Waals surface area contributed by atoms with Crippen LogP contribution in [0.3, 0.4) is 0 Å². The van der Waals surface area contributed by atoms with E-state index in [0.29, 0.717) is 17.9 Å². The average molecular weight is 438 g/mol. The summed E-state index contributed by atoms with van der Waals surface area (Å²) in [5, 5.41) is 0. The van der Waals surface area contributed by atoms with Gasteiger partial charge in [0.1, 0.15) is 5.75 Å². The Bertz CT molecular complexity index is 899. The summed E-state index contributed by atoms with van der Waals surface area (Å²) in [5.74, 6) is 0.419. The lowest BCUT2D eigenvalue weighted by Gasteiger charge is -2.28. The summed E-state index contributed by atoms with van der Waals surface area (Å²) in [5.41, 5.74) is 1.77. The molecule has 0 aliphatic carbocycles. The van der Waals surface area contributed by atoms with E-state index in [1.807, 2.05) is 49.4 Å². The highest BCUT2D eigenvalue weighted by atomic mass is 79.9. The van der Waals surface area contributed by atoms with Crippen LogP contribution >= 0.6 is 15.9 Å². The molecule has 0 aromatic heterocycles. The number of rotatable bonds is 5. The fraction of sp³-hybridized carbons (Fsp3) is 0.316. The molecule has 1 aliphatic heterocycles. The third-order valence-corrected chi connectivity index (χ3v) is 6.69. The number of nitrogens with zero attached hydrogens (tertiary/aromatic N) is 1.